The molecule has 4 rings (SSSR count). The van der Waals surface area contributed by atoms with Gasteiger partial charge in [-0.2, -0.15) is 0 Å². The third-order valence-corrected chi connectivity index (χ3v) is 4.52. The van der Waals surface area contributed by atoms with Crippen LogP contribution in [-0.4, -0.2) is 0 Å². The summed E-state index contributed by atoms with van der Waals surface area (Å²) in [6.07, 6.45) is 3.34. The Morgan fingerprint density at radius 1 is 1.09 bits per heavy atom. The fraction of sp³-hybridized carbons (Fsp3) is 0.250. The van der Waals surface area contributed by atoms with Crippen molar-refractivity contribution in [2.75, 3.05) is 0 Å². The maximum atomic E-state index is 11.9. The van der Waals surface area contributed by atoms with Gasteiger partial charge in [-0.3, -0.25) is 0 Å². The fourth-order valence-corrected chi connectivity index (χ4v) is 3.29. The average Bonchev–Trinajstić information content (AvgIpc) is 2.99. The van der Waals surface area contributed by atoms with Crippen molar-refractivity contribution in [2.24, 2.45) is 0 Å². The van der Waals surface area contributed by atoms with Crippen LogP contribution in [0.3, 0.4) is 0 Å². The average molecular weight is 306 g/mol. The number of ether oxygens (including phenoxy) is 1. The van der Waals surface area contributed by atoms with Crippen LogP contribution in [0.4, 0.5) is 0 Å². The van der Waals surface area contributed by atoms with Gasteiger partial charge < -0.3 is 9.15 Å². The van der Waals surface area contributed by atoms with E-state index in [2.05, 4.69) is 6.07 Å². The molecule has 0 N–H and O–H groups in total. The van der Waals surface area contributed by atoms with E-state index < -0.39 is 0 Å². The third kappa shape index (κ3) is 2.63. The van der Waals surface area contributed by atoms with E-state index >= 15 is 0 Å². The van der Waals surface area contributed by atoms with Gasteiger partial charge in [-0.05, 0) is 61.1 Å². The standard InChI is InChI=1S/C20H18O3/c1-13-5-2-3-8-18(13)22-12-16-11-20(21)23-19-10-15-7-4-6-14(15)9-17(16)19/h2-3,5,8-11H,4,6-7,12H2,1H3. The molecule has 0 atom stereocenters. The minimum Gasteiger partial charge on any atom is -0.489 e. The first-order chi connectivity index (χ1) is 11.2. The van der Waals surface area contributed by atoms with E-state index in [1.807, 2.05) is 37.3 Å². The number of para-hydroxylation sites is 1. The van der Waals surface area contributed by atoms with Gasteiger partial charge in [0.25, 0.3) is 0 Å². The molecule has 116 valence electrons. The van der Waals surface area contributed by atoms with Crippen molar-refractivity contribution in [2.45, 2.75) is 32.8 Å². The van der Waals surface area contributed by atoms with E-state index in [-0.39, 0.29) is 5.63 Å². The predicted octanol–water partition coefficient (Wildman–Crippen LogP) is 4.17. The number of aryl methyl sites for hydroxylation is 3. The Morgan fingerprint density at radius 2 is 1.87 bits per heavy atom. The van der Waals surface area contributed by atoms with Crippen LogP contribution in [0.25, 0.3) is 11.0 Å². The molecule has 23 heavy (non-hydrogen) atoms. The predicted molar refractivity (Wildman–Crippen MR) is 90.0 cm³/mol. The number of rotatable bonds is 3. The van der Waals surface area contributed by atoms with Gasteiger partial charge in [0, 0.05) is 17.0 Å². The molecule has 0 spiro atoms. The van der Waals surface area contributed by atoms with Crippen molar-refractivity contribution in [1.29, 1.82) is 0 Å². The van der Waals surface area contributed by atoms with E-state index in [9.17, 15) is 4.79 Å². The second-order valence-electron chi connectivity index (χ2n) is 6.12. The van der Waals surface area contributed by atoms with Crippen LogP contribution in [0.1, 0.15) is 28.7 Å². The minimum atomic E-state index is -0.321. The molecule has 3 nitrogen and oxygen atoms in total. The van der Waals surface area contributed by atoms with E-state index in [0.29, 0.717) is 12.2 Å². The Labute approximate surface area is 134 Å². The zero-order valence-corrected chi connectivity index (χ0v) is 13.1. The van der Waals surface area contributed by atoms with Crippen molar-refractivity contribution in [1.82, 2.24) is 0 Å². The van der Waals surface area contributed by atoms with Crippen molar-refractivity contribution in [3.8, 4) is 5.75 Å². The minimum absolute atomic E-state index is 0.321. The highest BCUT2D eigenvalue weighted by Crippen LogP contribution is 2.29. The summed E-state index contributed by atoms with van der Waals surface area (Å²) in [5, 5.41) is 0.985. The van der Waals surface area contributed by atoms with Crippen LogP contribution >= 0.6 is 0 Å². The maximum absolute atomic E-state index is 11.9. The summed E-state index contributed by atoms with van der Waals surface area (Å²) in [6, 6.07) is 13.6. The van der Waals surface area contributed by atoms with E-state index in [1.54, 1.807) is 6.07 Å². The first-order valence-corrected chi connectivity index (χ1v) is 7.98. The Kier molecular flexibility index (Phi) is 3.41. The summed E-state index contributed by atoms with van der Waals surface area (Å²) in [4.78, 5) is 11.9. The summed E-state index contributed by atoms with van der Waals surface area (Å²) in [7, 11) is 0. The van der Waals surface area contributed by atoms with Crippen LogP contribution in [0.2, 0.25) is 0 Å². The molecule has 2 aromatic carbocycles. The smallest absolute Gasteiger partial charge is 0.336 e. The summed E-state index contributed by atoms with van der Waals surface area (Å²) < 4.78 is 11.3. The molecule has 0 radical (unpaired) electrons. The van der Waals surface area contributed by atoms with Gasteiger partial charge in [-0.15, -0.1) is 0 Å². The highest BCUT2D eigenvalue weighted by atomic mass is 16.5. The normalized spacial score (nSPS) is 13.3. The number of benzene rings is 2. The highest BCUT2D eigenvalue weighted by Gasteiger charge is 2.15. The number of hydrogen-bond donors (Lipinski definition) is 0. The lowest BCUT2D eigenvalue weighted by Crippen LogP contribution is -2.05. The van der Waals surface area contributed by atoms with Gasteiger partial charge in [0.15, 0.2) is 0 Å². The van der Waals surface area contributed by atoms with Gasteiger partial charge in [0.1, 0.15) is 17.9 Å². The molecular weight excluding hydrogens is 288 g/mol. The molecule has 3 aromatic rings. The van der Waals surface area contributed by atoms with Gasteiger partial charge in [0.05, 0.1) is 0 Å². The van der Waals surface area contributed by atoms with Crippen LogP contribution in [0.5, 0.6) is 5.75 Å². The lowest BCUT2D eigenvalue weighted by molar-refractivity contribution is 0.304. The molecule has 1 heterocycles. The van der Waals surface area contributed by atoms with E-state index in [0.717, 1.165) is 35.1 Å². The van der Waals surface area contributed by atoms with Crippen molar-refractivity contribution >= 4 is 11.0 Å². The molecule has 0 saturated heterocycles. The molecular formula is C20H18O3. The van der Waals surface area contributed by atoms with Crippen molar-refractivity contribution < 1.29 is 9.15 Å². The zero-order valence-electron chi connectivity index (χ0n) is 13.1. The second kappa shape index (κ2) is 5.58. The summed E-state index contributed by atoms with van der Waals surface area (Å²) >= 11 is 0. The first kappa shape index (κ1) is 14.1. The second-order valence-corrected chi connectivity index (χ2v) is 6.12. The van der Waals surface area contributed by atoms with Gasteiger partial charge in [-0.25, -0.2) is 4.79 Å². The Hall–Kier alpha value is -2.55. The van der Waals surface area contributed by atoms with Crippen LogP contribution < -0.4 is 10.4 Å². The lowest BCUT2D eigenvalue weighted by Gasteiger charge is -2.11. The molecule has 1 aromatic heterocycles. The molecule has 1 aliphatic carbocycles. The summed E-state index contributed by atoms with van der Waals surface area (Å²) in [6.45, 7) is 2.38. The largest absolute Gasteiger partial charge is 0.489 e. The SMILES string of the molecule is Cc1ccccc1OCc1cc(=O)oc2cc3c(cc12)CCC3. The van der Waals surface area contributed by atoms with E-state index in [1.165, 1.54) is 17.5 Å². The third-order valence-electron chi connectivity index (χ3n) is 4.52. The zero-order chi connectivity index (χ0) is 15.8. The quantitative estimate of drug-likeness (QED) is 0.682. The first-order valence-electron chi connectivity index (χ1n) is 7.98. The molecule has 0 aliphatic heterocycles. The number of hydrogen-bond acceptors (Lipinski definition) is 3. The Morgan fingerprint density at radius 3 is 2.70 bits per heavy atom. The van der Waals surface area contributed by atoms with Gasteiger partial charge in [-0.1, -0.05) is 18.2 Å². The van der Waals surface area contributed by atoms with Gasteiger partial charge >= 0.3 is 5.63 Å². The van der Waals surface area contributed by atoms with Crippen LogP contribution in [0, 0.1) is 6.92 Å². The molecule has 3 heteroatoms. The molecule has 0 amide bonds. The monoisotopic (exact) mass is 306 g/mol. The Bertz CT molecular complexity index is 937. The van der Waals surface area contributed by atoms with Crippen LogP contribution in [-0.2, 0) is 19.4 Å². The van der Waals surface area contributed by atoms with Crippen molar-refractivity contribution in [3.63, 3.8) is 0 Å². The molecule has 0 saturated carbocycles. The summed E-state index contributed by atoms with van der Waals surface area (Å²) in [5.41, 5.74) is 4.98. The fourth-order valence-electron chi connectivity index (χ4n) is 3.29. The van der Waals surface area contributed by atoms with Crippen LogP contribution in [0.15, 0.2) is 51.7 Å². The molecule has 0 fully saturated rings. The summed E-state index contributed by atoms with van der Waals surface area (Å²) in [5.74, 6) is 0.843. The Balaban J connectivity index is 1.74. The molecule has 1 aliphatic rings. The molecule has 0 bridgehead atoms. The highest BCUT2D eigenvalue weighted by molar-refractivity contribution is 5.82. The maximum Gasteiger partial charge on any atom is 0.336 e. The van der Waals surface area contributed by atoms with E-state index in [4.69, 9.17) is 9.15 Å². The topological polar surface area (TPSA) is 39.4 Å². The lowest BCUT2D eigenvalue weighted by atomic mass is 10.0. The van der Waals surface area contributed by atoms with Gasteiger partial charge in [0.2, 0.25) is 0 Å². The molecule has 0 unspecified atom stereocenters. The number of fused-ring (bicyclic) bond motifs is 2. The van der Waals surface area contributed by atoms with Crippen molar-refractivity contribution in [3.05, 3.63) is 75.1 Å².